The maximum Gasteiger partial charge on any atom is 0.222 e. The zero-order chi connectivity index (χ0) is 12.3. The van der Waals surface area contributed by atoms with E-state index in [9.17, 15) is 4.79 Å². The fourth-order valence-corrected chi connectivity index (χ4v) is 2.83. The van der Waals surface area contributed by atoms with E-state index in [1.54, 1.807) is 0 Å². The molecule has 4 nitrogen and oxygen atoms in total. The van der Waals surface area contributed by atoms with Crippen molar-refractivity contribution in [1.82, 2.24) is 10.2 Å². The number of carbonyl (C=O) groups excluding carboxylic acids is 1. The van der Waals surface area contributed by atoms with Gasteiger partial charge in [-0.1, -0.05) is 0 Å². The van der Waals surface area contributed by atoms with Crippen LogP contribution in [0.15, 0.2) is 0 Å². The molecule has 0 bridgehead atoms. The van der Waals surface area contributed by atoms with Gasteiger partial charge in [0.15, 0.2) is 0 Å². The third-order valence-electron chi connectivity index (χ3n) is 3.70. The summed E-state index contributed by atoms with van der Waals surface area (Å²) < 4.78 is 5.64. The molecule has 3 unspecified atom stereocenters. The van der Waals surface area contributed by atoms with Crippen LogP contribution in [0.3, 0.4) is 0 Å². The molecule has 0 spiro atoms. The predicted octanol–water partition coefficient (Wildman–Crippen LogP) is 1.01. The van der Waals surface area contributed by atoms with Gasteiger partial charge in [-0.3, -0.25) is 4.79 Å². The van der Waals surface area contributed by atoms with E-state index in [4.69, 9.17) is 4.74 Å². The number of hydrogen-bond acceptors (Lipinski definition) is 3. The van der Waals surface area contributed by atoms with E-state index >= 15 is 0 Å². The lowest BCUT2D eigenvalue weighted by molar-refractivity contribution is -0.143. The minimum atomic E-state index is 0.177. The Morgan fingerprint density at radius 3 is 2.65 bits per heavy atom. The second-order valence-electron chi connectivity index (χ2n) is 5.45. The molecule has 2 aliphatic rings. The minimum Gasteiger partial charge on any atom is -0.372 e. The van der Waals surface area contributed by atoms with Crippen molar-refractivity contribution in [3.8, 4) is 0 Å². The van der Waals surface area contributed by atoms with Crippen molar-refractivity contribution in [3.63, 3.8) is 0 Å². The van der Waals surface area contributed by atoms with Gasteiger partial charge in [0.2, 0.25) is 5.91 Å². The van der Waals surface area contributed by atoms with E-state index in [-0.39, 0.29) is 12.2 Å². The number of rotatable bonds is 3. The van der Waals surface area contributed by atoms with Crippen LogP contribution in [0.4, 0.5) is 0 Å². The Hall–Kier alpha value is -0.610. The summed E-state index contributed by atoms with van der Waals surface area (Å²) in [5, 5.41) is 3.34. The quantitative estimate of drug-likeness (QED) is 0.800. The SMILES string of the molecule is CC1CN(C(=O)CCC2CCNC2)CC(C)O1. The molecule has 0 aromatic rings. The fourth-order valence-electron chi connectivity index (χ4n) is 2.83. The first-order chi connectivity index (χ1) is 8.15. The average Bonchev–Trinajstić information content (AvgIpc) is 2.77. The monoisotopic (exact) mass is 240 g/mol. The highest BCUT2D eigenvalue weighted by Crippen LogP contribution is 2.17. The molecule has 2 rings (SSSR count). The molecule has 0 saturated carbocycles. The normalized spacial score (nSPS) is 34.0. The summed E-state index contributed by atoms with van der Waals surface area (Å²) in [6, 6.07) is 0. The van der Waals surface area contributed by atoms with Crippen LogP contribution in [-0.4, -0.2) is 49.2 Å². The van der Waals surface area contributed by atoms with Crippen LogP contribution in [0.5, 0.6) is 0 Å². The van der Waals surface area contributed by atoms with Crippen molar-refractivity contribution in [3.05, 3.63) is 0 Å². The van der Waals surface area contributed by atoms with Gasteiger partial charge in [-0.05, 0) is 45.7 Å². The molecule has 4 heteroatoms. The predicted molar refractivity (Wildman–Crippen MR) is 66.8 cm³/mol. The summed E-state index contributed by atoms with van der Waals surface area (Å²) >= 11 is 0. The van der Waals surface area contributed by atoms with Crippen molar-refractivity contribution < 1.29 is 9.53 Å². The highest BCUT2D eigenvalue weighted by molar-refractivity contribution is 5.76. The molecule has 0 radical (unpaired) electrons. The van der Waals surface area contributed by atoms with Crippen molar-refractivity contribution in [2.24, 2.45) is 5.92 Å². The first kappa shape index (κ1) is 12.8. The Labute approximate surface area is 104 Å². The molecular formula is C13H24N2O2. The number of nitrogens with one attached hydrogen (secondary N) is 1. The van der Waals surface area contributed by atoms with Gasteiger partial charge in [0.25, 0.3) is 0 Å². The lowest BCUT2D eigenvalue weighted by Crippen LogP contribution is -2.48. The van der Waals surface area contributed by atoms with E-state index in [2.05, 4.69) is 5.32 Å². The van der Waals surface area contributed by atoms with Gasteiger partial charge in [-0.25, -0.2) is 0 Å². The lowest BCUT2D eigenvalue weighted by atomic mass is 10.0. The molecule has 2 heterocycles. The van der Waals surface area contributed by atoms with E-state index in [0.29, 0.717) is 18.2 Å². The van der Waals surface area contributed by atoms with E-state index in [1.165, 1.54) is 6.42 Å². The van der Waals surface area contributed by atoms with Crippen LogP contribution in [0.1, 0.15) is 33.1 Å². The molecule has 0 aliphatic carbocycles. The van der Waals surface area contributed by atoms with Crippen molar-refractivity contribution in [2.45, 2.75) is 45.3 Å². The first-order valence-corrected chi connectivity index (χ1v) is 6.79. The molecule has 2 fully saturated rings. The Morgan fingerprint density at radius 1 is 1.35 bits per heavy atom. The molecule has 98 valence electrons. The van der Waals surface area contributed by atoms with Gasteiger partial charge in [0.05, 0.1) is 12.2 Å². The topological polar surface area (TPSA) is 41.6 Å². The summed E-state index contributed by atoms with van der Waals surface area (Å²) in [6.45, 7) is 7.79. The Morgan fingerprint density at radius 2 is 2.06 bits per heavy atom. The highest BCUT2D eigenvalue weighted by atomic mass is 16.5. The van der Waals surface area contributed by atoms with Crippen molar-refractivity contribution >= 4 is 5.91 Å². The van der Waals surface area contributed by atoms with E-state index in [0.717, 1.165) is 32.6 Å². The number of nitrogens with zero attached hydrogens (tertiary/aromatic N) is 1. The maximum absolute atomic E-state index is 12.1. The molecule has 3 atom stereocenters. The van der Waals surface area contributed by atoms with E-state index < -0.39 is 0 Å². The zero-order valence-electron chi connectivity index (χ0n) is 10.9. The maximum atomic E-state index is 12.1. The number of morpholine rings is 1. The van der Waals surface area contributed by atoms with Crippen LogP contribution in [0.2, 0.25) is 0 Å². The molecule has 1 amide bonds. The molecular weight excluding hydrogens is 216 g/mol. The van der Waals surface area contributed by atoms with Crippen LogP contribution < -0.4 is 5.32 Å². The number of carbonyl (C=O) groups is 1. The third kappa shape index (κ3) is 3.68. The van der Waals surface area contributed by atoms with Gasteiger partial charge in [0.1, 0.15) is 0 Å². The van der Waals surface area contributed by atoms with Crippen LogP contribution in [-0.2, 0) is 9.53 Å². The van der Waals surface area contributed by atoms with Gasteiger partial charge in [-0.15, -0.1) is 0 Å². The number of amides is 1. The Balaban J connectivity index is 1.74. The molecule has 2 saturated heterocycles. The average molecular weight is 240 g/mol. The number of hydrogen-bond donors (Lipinski definition) is 1. The summed E-state index contributed by atoms with van der Waals surface area (Å²) in [4.78, 5) is 14.1. The van der Waals surface area contributed by atoms with Crippen LogP contribution in [0.25, 0.3) is 0 Å². The number of ether oxygens (including phenoxy) is 1. The van der Waals surface area contributed by atoms with Gasteiger partial charge in [-0.2, -0.15) is 0 Å². The summed E-state index contributed by atoms with van der Waals surface area (Å²) in [6.07, 6.45) is 3.31. The third-order valence-corrected chi connectivity index (χ3v) is 3.70. The zero-order valence-corrected chi connectivity index (χ0v) is 10.9. The second-order valence-corrected chi connectivity index (χ2v) is 5.45. The van der Waals surface area contributed by atoms with Crippen LogP contribution in [0, 0.1) is 5.92 Å². The molecule has 2 aliphatic heterocycles. The first-order valence-electron chi connectivity index (χ1n) is 6.79. The van der Waals surface area contributed by atoms with Crippen molar-refractivity contribution in [2.75, 3.05) is 26.2 Å². The van der Waals surface area contributed by atoms with Crippen molar-refractivity contribution in [1.29, 1.82) is 0 Å². The Kier molecular flexibility index (Phi) is 4.40. The standard InChI is InChI=1S/C13H24N2O2/c1-10-8-15(9-11(2)17-10)13(16)4-3-12-5-6-14-7-12/h10-12,14H,3-9H2,1-2H3. The van der Waals surface area contributed by atoms with E-state index in [1.807, 2.05) is 18.7 Å². The highest BCUT2D eigenvalue weighted by Gasteiger charge is 2.26. The van der Waals surface area contributed by atoms with Gasteiger partial charge >= 0.3 is 0 Å². The molecule has 0 aromatic heterocycles. The van der Waals surface area contributed by atoms with Gasteiger partial charge in [0, 0.05) is 19.5 Å². The smallest absolute Gasteiger partial charge is 0.222 e. The van der Waals surface area contributed by atoms with Gasteiger partial charge < -0.3 is 15.0 Å². The Bertz CT molecular complexity index is 254. The fraction of sp³-hybridized carbons (Fsp3) is 0.923. The minimum absolute atomic E-state index is 0.177. The second kappa shape index (κ2) is 5.83. The summed E-state index contributed by atoms with van der Waals surface area (Å²) in [5.74, 6) is 1.01. The van der Waals surface area contributed by atoms with Crippen LogP contribution >= 0.6 is 0 Å². The molecule has 1 N–H and O–H groups in total. The molecule has 0 aromatic carbocycles. The lowest BCUT2D eigenvalue weighted by Gasteiger charge is -2.35. The summed E-state index contributed by atoms with van der Waals surface area (Å²) in [5.41, 5.74) is 0. The largest absolute Gasteiger partial charge is 0.372 e. The summed E-state index contributed by atoms with van der Waals surface area (Å²) in [7, 11) is 0. The molecule has 17 heavy (non-hydrogen) atoms.